The number of fused-ring (bicyclic) bond motifs is 2. The number of carbonyl (C=O) groups excluding carboxylic acids is 1. The summed E-state index contributed by atoms with van der Waals surface area (Å²) >= 11 is 0. The smallest absolute Gasteiger partial charge is 0.230 e. The normalized spacial score (nSPS) is 15.9. The Hall–Kier alpha value is -3.34. The Labute approximate surface area is 175 Å². The van der Waals surface area contributed by atoms with Crippen molar-refractivity contribution < 1.29 is 9.21 Å². The largest absolute Gasteiger partial charge is 0.464 e. The van der Waals surface area contributed by atoms with Gasteiger partial charge in [-0.1, -0.05) is 36.4 Å². The van der Waals surface area contributed by atoms with Crippen molar-refractivity contribution in [1.29, 1.82) is 0 Å². The molecule has 1 N–H and O–H groups in total. The molecule has 0 spiro atoms. The summed E-state index contributed by atoms with van der Waals surface area (Å²) in [5, 5.41) is 8.74. The molecule has 0 bridgehead atoms. The number of amides is 1. The second-order valence-electron chi connectivity index (χ2n) is 8.21. The summed E-state index contributed by atoms with van der Waals surface area (Å²) in [7, 11) is 0. The van der Waals surface area contributed by atoms with E-state index in [0.717, 1.165) is 52.7 Å². The van der Waals surface area contributed by atoms with Crippen LogP contribution in [0.25, 0.3) is 11.0 Å². The fraction of sp³-hybridized carbons (Fsp3) is 0.280. The van der Waals surface area contributed by atoms with Crippen LogP contribution in [0.4, 0.5) is 5.82 Å². The molecular formula is C25H25N3O2. The van der Waals surface area contributed by atoms with Crippen molar-refractivity contribution >= 4 is 22.7 Å². The van der Waals surface area contributed by atoms with Crippen LogP contribution in [-0.2, 0) is 17.6 Å². The maximum absolute atomic E-state index is 12.9. The molecule has 1 aliphatic rings. The first-order chi connectivity index (χ1) is 14.6. The van der Waals surface area contributed by atoms with E-state index in [4.69, 9.17) is 4.42 Å². The van der Waals surface area contributed by atoms with E-state index in [0.29, 0.717) is 0 Å². The highest BCUT2D eigenvalue weighted by atomic mass is 16.3. The molecule has 1 aliphatic carbocycles. The molecule has 30 heavy (non-hydrogen) atoms. The van der Waals surface area contributed by atoms with Gasteiger partial charge in [0.2, 0.25) is 5.91 Å². The fourth-order valence-electron chi connectivity index (χ4n) is 4.50. The average molecular weight is 399 g/mol. The Kier molecular flexibility index (Phi) is 4.66. The van der Waals surface area contributed by atoms with Gasteiger partial charge in [-0.2, -0.15) is 5.10 Å². The lowest BCUT2D eigenvalue weighted by Gasteiger charge is -2.27. The Morgan fingerprint density at radius 2 is 2.10 bits per heavy atom. The Bertz CT molecular complexity index is 1230. The molecule has 1 unspecified atom stereocenters. The molecule has 152 valence electrons. The number of nitrogens with zero attached hydrogens (tertiary/aromatic N) is 2. The summed E-state index contributed by atoms with van der Waals surface area (Å²) in [6.45, 7) is 4.02. The second kappa shape index (κ2) is 7.48. The lowest BCUT2D eigenvalue weighted by molar-refractivity contribution is -0.115. The van der Waals surface area contributed by atoms with Gasteiger partial charge in [0, 0.05) is 16.5 Å². The van der Waals surface area contributed by atoms with Gasteiger partial charge in [0.15, 0.2) is 0 Å². The van der Waals surface area contributed by atoms with Gasteiger partial charge < -0.3 is 9.73 Å². The monoisotopic (exact) mass is 399 g/mol. The van der Waals surface area contributed by atoms with E-state index in [1.54, 1.807) is 6.26 Å². The number of carbonyl (C=O) groups is 1. The van der Waals surface area contributed by atoms with Crippen LogP contribution in [-0.4, -0.2) is 15.7 Å². The van der Waals surface area contributed by atoms with E-state index in [1.165, 1.54) is 11.1 Å². The third-order valence-electron chi connectivity index (χ3n) is 6.03. The lowest BCUT2D eigenvalue weighted by Crippen LogP contribution is -2.23. The van der Waals surface area contributed by atoms with Gasteiger partial charge in [-0.15, -0.1) is 0 Å². The van der Waals surface area contributed by atoms with Crippen molar-refractivity contribution in [1.82, 2.24) is 9.78 Å². The van der Waals surface area contributed by atoms with Gasteiger partial charge in [-0.3, -0.25) is 4.79 Å². The minimum Gasteiger partial charge on any atom is -0.464 e. The summed E-state index contributed by atoms with van der Waals surface area (Å²) in [6.07, 6.45) is 7.03. The summed E-state index contributed by atoms with van der Waals surface area (Å²) in [6, 6.07) is 14.8. The molecule has 1 amide bonds. The molecule has 0 saturated heterocycles. The molecule has 5 rings (SSSR count). The predicted molar refractivity (Wildman–Crippen MR) is 118 cm³/mol. The van der Waals surface area contributed by atoms with Crippen molar-refractivity contribution in [2.75, 3.05) is 5.32 Å². The number of benzene rings is 2. The van der Waals surface area contributed by atoms with Crippen molar-refractivity contribution in [2.45, 2.75) is 45.6 Å². The zero-order chi connectivity index (χ0) is 20.7. The van der Waals surface area contributed by atoms with Crippen LogP contribution < -0.4 is 5.32 Å². The van der Waals surface area contributed by atoms with E-state index in [-0.39, 0.29) is 18.4 Å². The summed E-state index contributed by atoms with van der Waals surface area (Å²) in [5.41, 5.74) is 6.50. The highest BCUT2D eigenvalue weighted by molar-refractivity contribution is 5.95. The Morgan fingerprint density at radius 3 is 3.00 bits per heavy atom. The van der Waals surface area contributed by atoms with Crippen LogP contribution in [0, 0.1) is 13.8 Å². The van der Waals surface area contributed by atoms with Crippen molar-refractivity contribution in [3.05, 3.63) is 82.7 Å². The SMILES string of the molecule is Cc1ccc2c(CC(=O)Nc3c(C)cnn3C3CCCc4ccccc43)coc2c1. The molecular weight excluding hydrogens is 374 g/mol. The Balaban J connectivity index is 1.41. The van der Waals surface area contributed by atoms with E-state index in [9.17, 15) is 4.79 Å². The summed E-state index contributed by atoms with van der Waals surface area (Å²) in [5.74, 6) is 0.720. The number of hydrogen-bond acceptors (Lipinski definition) is 3. The van der Waals surface area contributed by atoms with Gasteiger partial charge in [0.05, 0.1) is 24.9 Å². The third kappa shape index (κ3) is 3.30. The quantitative estimate of drug-likeness (QED) is 0.503. The number of aryl methyl sites for hydroxylation is 3. The van der Waals surface area contributed by atoms with Crippen LogP contribution >= 0.6 is 0 Å². The van der Waals surface area contributed by atoms with Crippen LogP contribution in [0.15, 0.2) is 59.3 Å². The number of hydrogen-bond donors (Lipinski definition) is 1. The highest BCUT2D eigenvalue weighted by Crippen LogP contribution is 2.35. The minimum atomic E-state index is -0.0628. The third-order valence-corrected chi connectivity index (χ3v) is 6.03. The summed E-state index contributed by atoms with van der Waals surface area (Å²) in [4.78, 5) is 12.9. The number of anilines is 1. The molecule has 0 radical (unpaired) electrons. The number of furan rings is 1. The molecule has 4 aromatic rings. The molecule has 2 heterocycles. The van der Waals surface area contributed by atoms with Crippen LogP contribution in [0.2, 0.25) is 0 Å². The molecule has 5 heteroatoms. The van der Waals surface area contributed by atoms with Gasteiger partial charge >= 0.3 is 0 Å². The maximum atomic E-state index is 12.9. The molecule has 0 aliphatic heterocycles. The van der Waals surface area contributed by atoms with Crippen molar-refractivity contribution in [3.63, 3.8) is 0 Å². The topological polar surface area (TPSA) is 60.1 Å². The first-order valence-electron chi connectivity index (χ1n) is 10.5. The zero-order valence-corrected chi connectivity index (χ0v) is 17.3. The fourth-order valence-corrected chi connectivity index (χ4v) is 4.50. The average Bonchev–Trinajstić information content (AvgIpc) is 3.31. The molecule has 1 atom stereocenters. The minimum absolute atomic E-state index is 0.0628. The number of aromatic nitrogens is 2. The first kappa shape index (κ1) is 18.7. The van der Waals surface area contributed by atoms with Gasteiger partial charge in [0.25, 0.3) is 0 Å². The molecule has 0 saturated carbocycles. The van der Waals surface area contributed by atoms with Gasteiger partial charge in [-0.25, -0.2) is 4.68 Å². The first-order valence-corrected chi connectivity index (χ1v) is 10.5. The van der Waals surface area contributed by atoms with Crippen LogP contribution in [0.3, 0.4) is 0 Å². The molecule has 2 aromatic heterocycles. The van der Waals surface area contributed by atoms with Crippen molar-refractivity contribution in [2.24, 2.45) is 0 Å². The number of rotatable bonds is 4. The second-order valence-corrected chi connectivity index (χ2v) is 8.21. The van der Waals surface area contributed by atoms with Crippen LogP contribution in [0.1, 0.15) is 46.7 Å². The summed E-state index contributed by atoms with van der Waals surface area (Å²) < 4.78 is 7.64. The van der Waals surface area contributed by atoms with E-state index >= 15 is 0 Å². The number of nitrogens with one attached hydrogen (secondary N) is 1. The zero-order valence-electron chi connectivity index (χ0n) is 17.3. The van der Waals surface area contributed by atoms with E-state index in [1.807, 2.05) is 42.9 Å². The predicted octanol–water partition coefficient (Wildman–Crippen LogP) is 5.35. The Morgan fingerprint density at radius 1 is 1.23 bits per heavy atom. The van der Waals surface area contributed by atoms with Crippen LogP contribution in [0.5, 0.6) is 0 Å². The van der Waals surface area contributed by atoms with E-state index in [2.05, 4.69) is 34.7 Å². The van der Waals surface area contributed by atoms with Crippen molar-refractivity contribution in [3.8, 4) is 0 Å². The highest BCUT2D eigenvalue weighted by Gasteiger charge is 2.25. The molecule has 5 nitrogen and oxygen atoms in total. The van der Waals surface area contributed by atoms with Gasteiger partial charge in [0.1, 0.15) is 11.4 Å². The molecule has 0 fully saturated rings. The van der Waals surface area contributed by atoms with E-state index < -0.39 is 0 Å². The standard InChI is InChI=1S/C25H25N3O2/c1-16-10-11-21-19(15-30-23(21)12-16)13-24(29)27-25-17(2)14-26-28(25)22-9-5-7-18-6-3-4-8-20(18)22/h3-4,6,8,10-12,14-15,22H,5,7,9,13H2,1-2H3,(H,27,29). The molecule has 2 aromatic carbocycles. The maximum Gasteiger partial charge on any atom is 0.230 e. The lowest BCUT2D eigenvalue weighted by atomic mass is 9.88. The van der Waals surface area contributed by atoms with Gasteiger partial charge in [-0.05, 0) is 55.9 Å².